The van der Waals surface area contributed by atoms with Crippen LogP contribution in [-0.4, -0.2) is 76.6 Å². The summed E-state index contributed by atoms with van der Waals surface area (Å²) in [6.45, 7) is 5.59. The van der Waals surface area contributed by atoms with Crippen molar-refractivity contribution in [3.05, 3.63) is 0 Å². The van der Waals surface area contributed by atoms with E-state index < -0.39 is 35.9 Å². The molecule has 10 heteroatoms. The van der Waals surface area contributed by atoms with E-state index in [1.165, 1.54) is 25.9 Å². The first-order valence-corrected chi connectivity index (χ1v) is 11.6. The Hall–Kier alpha value is -1.99. The smallest absolute Gasteiger partial charge is 0.407 e. The number of hydrogen-bond acceptors (Lipinski definition) is 5. The Morgan fingerprint density at radius 3 is 2.28 bits per heavy atom. The Morgan fingerprint density at radius 1 is 1.25 bits per heavy atom. The summed E-state index contributed by atoms with van der Waals surface area (Å²) in [5, 5.41) is 20.0. The molecule has 8 nitrogen and oxygen atoms in total. The van der Waals surface area contributed by atoms with Gasteiger partial charge in [0.05, 0.1) is 12.1 Å². The number of amides is 2. The van der Waals surface area contributed by atoms with Crippen molar-refractivity contribution in [2.24, 2.45) is 11.1 Å². The van der Waals surface area contributed by atoms with E-state index in [0.29, 0.717) is 24.7 Å². The number of carbonyl (C=O) groups excluding carboxylic acids is 1. The minimum Gasteiger partial charge on any atom is -0.465 e. The summed E-state index contributed by atoms with van der Waals surface area (Å²) in [5.41, 5.74) is 5.05. The van der Waals surface area contributed by atoms with Gasteiger partial charge in [-0.2, -0.15) is 5.26 Å². The van der Waals surface area contributed by atoms with Crippen molar-refractivity contribution in [3.8, 4) is 6.07 Å². The van der Waals surface area contributed by atoms with Crippen LogP contribution in [0.2, 0.25) is 0 Å². The molecular formula is C22H35F2N5O3. The predicted octanol–water partition coefficient (Wildman–Crippen LogP) is 2.54. The van der Waals surface area contributed by atoms with Crippen molar-refractivity contribution in [2.45, 2.75) is 88.3 Å². The second-order valence-corrected chi connectivity index (χ2v) is 10.0. The number of nitriles is 1. The Morgan fingerprint density at radius 2 is 1.84 bits per heavy atom. The van der Waals surface area contributed by atoms with Gasteiger partial charge in [0.2, 0.25) is 11.8 Å². The van der Waals surface area contributed by atoms with Crippen molar-refractivity contribution >= 4 is 12.0 Å². The second-order valence-electron chi connectivity index (χ2n) is 10.0. The lowest BCUT2D eigenvalue weighted by molar-refractivity contribution is -0.125. The quantitative estimate of drug-likeness (QED) is 0.542. The van der Waals surface area contributed by atoms with Gasteiger partial charge < -0.3 is 21.1 Å². The van der Waals surface area contributed by atoms with Gasteiger partial charge in [-0.25, -0.2) is 13.6 Å². The standard InChI is InChI=1S/C11H17F2N3O.C11H18N2O2/c1-2-3-11(12,13)6-8(15)9(17)16-10(7-14)4-5-10;14-10(15)12-5-3-11(4-6-12)7-13(8-11)9-1-2-9/h8H,2-6,15H2,1H3,(H,16,17);9H,1-8H2,(H,14,15)/t8-;/m0./s1. The highest BCUT2D eigenvalue weighted by atomic mass is 19.3. The maximum Gasteiger partial charge on any atom is 0.407 e. The molecule has 0 unspecified atom stereocenters. The first-order chi connectivity index (χ1) is 15.0. The fourth-order valence-corrected chi connectivity index (χ4v) is 4.60. The van der Waals surface area contributed by atoms with E-state index in [2.05, 4.69) is 10.2 Å². The molecule has 2 aliphatic carbocycles. The van der Waals surface area contributed by atoms with Crippen molar-refractivity contribution < 1.29 is 23.5 Å². The zero-order chi connectivity index (χ0) is 23.6. The van der Waals surface area contributed by atoms with Crippen LogP contribution in [0.1, 0.15) is 64.7 Å². The molecule has 0 aromatic carbocycles. The van der Waals surface area contributed by atoms with Gasteiger partial charge in [0.1, 0.15) is 5.54 Å². The molecule has 4 N–H and O–H groups in total. The number of carbonyl (C=O) groups is 2. The molecule has 4 rings (SSSR count). The molecule has 4 aliphatic rings. The molecular weight excluding hydrogens is 420 g/mol. The third-order valence-electron chi connectivity index (χ3n) is 7.03. The Labute approximate surface area is 188 Å². The van der Waals surface area contributed by atoms with E-state index in [1.807, 2.05) is 6.07 Å². The van der Waals surface area contributed by atoms with Gasteiger partial charge in [-0.1, -0.05) is 13.3 Å². The van der Waals surface area contributed by atoms with Gasteiger partial charge in [-0.3, -0.25) is 9.69 Å². The molecule has 32 heavy (non-hydrogen) atoms. The molecule has 4 fully saturated rings. The number of likely N-dealkylation sites (tertiary alicyclic amines) is 2. The van der Waals surface area contributed by atoms with Crippen LogP contribution in [0.5, 0.6) is 0 Å². The number of carboxylic acid groups (broad SMARTS) is 1. The van der Waals surface area contributed by atoms with E-state index in [0.717, 1.165) is 32.0 Å². The molecule has 2 saturated carbocycles. The van der Waals surface area contributed by atoms with Gasteiger partial charge in [-0.05, 0) is 43.9 Å². The number of alkyl halides is 2. The molecule has 0 aromatic heterocycles. The lowest BCUT2D eigenvalue weighted by Crippen LogP contribution is -2.61. The Balaban J connectivity index is 0.000000181. The molecule has 2 aliphatic heterocycles. The van der Waals surface area contributed by atoms with Crippen LogP contribution in [0.15, 0.2) is 0 Å². The van der Waals surface area contributed by atoms with Crippen LogP contribution in [0, 0.1) is 16.7 Å². The monoisotopic (exact) mass is 455 g/mol. The first-order valence-electron chi connectivity index (χ1n) is 11.6. The largest absolute Gasteiger partial charge is 0.465 e. The zero-order valence-electron chi connectivity index (χ0n) is 18.8. The third kappa shape index (κ3) is 6.29. The number of nitrogens with zero attached hydrogens (tertiary/aromatic N) is 3. The molecule has 0 bridgehead atoms. The summed E-state index contributed by atoms with van der Waals surface area (Å²) in [7, 11) is 0. The number of piperidine rings is 1. The number of nitrogens with one attached hydrogen (secondary N) is 1. The van der Waals surface area contributed by atoms with Gasteiger partial charge in [0.25, 0.3) is 0 Å². The molecule has 2 heterocycles. The van der Waals surface area contributed by atoms with Gasteiger partial charge in [0, 0.05) is 45.1 Å². The van der Waals surface area contributed by atoms with Crippen molar-refractivity contribution in [1.82, 2.24) is 15.1 Å². The summed E-state index contributed by atoms with van der Waals surface area (Å²) in [6.07, 6.45) is 4.68. The number of hydrogen-bond donors (Lipinski definition) is 3. The molecule has 0 radical (unpaired) electrons. The highest BCUT2D eigenvalue weighted by molar-refractivity contribution is 5.83. The number of nitrogens with two attached hydrogens (primary N) is 1. The van der Waals surface area contributed by atoms with Crippen molar-refractivity contribution in [3.63, 3.8) is 0 Å². The van der Waals surface area contributed by atoms with Gasteiger partial charge in [-0.15, -0.1) is 0 Å². The molecule has 180 valence electrons. The minimum absolute atomic E-state index is 0.280. The van der Waals surface area contributed by atoms with E-state index in [9.17, 15) is 18.4 Å². The summed E-state index contributed by atoms with van der Waals surface area (Å²) < 4.78 is 26.5. The van der Waals surface area contributed by atoms with Crippen LogP contribution in [0.3, 0.4) is 0 Å². The molecule has 2 amide bonds. The summed E-state index contributed by atoms with van der Waals surface area (Å²) in [5.74, 6) is -3.59. The lowest BCUT2D eigenvalue weighted by Gasteiger charge is -2.54. The predicted molar refractivity (Wildman–Crippen MR) is 114 cm³/mol. The molecule has 1 spiro atoms. The van der Waals surface area contributed by atoms with Crippen LogP contribution in [0.25, 0.3) is 0 Å². The fraction of sp³-hybridized carbons (Fsp3) is 0.864. The first kappa shape index (κ1) is 24.6. The fourth-order valence-electron chi connectivity index (χ4n) is 4.60. The van der Waals surface area contributed by atoms with Gasteiger partial charge >= 0.3 is 6.09 Å². The van der Waals surface area contributed by atoms with Gasteiger partial charge in [0.15, 0.2) is 0 Å². The van der Waals surface area contributed by atoms with E-state index in [4.69, 9.17) is 16.1 Å². The molecule has 1 atom stereocenters. The SMILES string of the molecule is CCCC(F)(F)C[C@H](N)C(=O)NC1(C#N)CC1.O=C(O)N1CCC2(CC1)CN(C1CC1)C2. The Bertz CT molecular complexity index is 732. The second kappa shape index (κ2) is 9.48. The topological polar surface area (TPSA) is 123 Å². The average Bonchev–Trinajstić information content (AvgIpc) is 3.62. The average molecular weight is 456 g/mol. The lowest BCUT2D eigenvalue weighted by atomic mass is 9.72. The molecule has 2 saturated heterocycles. The maximum absolute atomic E-state index is 13.2. The summed E-state index contributed by atoms with van der Waals surface area (Å²) >= 11 is 0. The van der Waals surface area contributed by atoms with Crippen LogP contribution >= 0.6 is 0 Å². The summed E-state index contributed by atoms with van der Waals surface area (Å²) in [6, 6.07) is 1.57. The van der Waals surface area contributed by atoms with Crippen molar-refractivity contribution in [2.75, 3.05) is 26.2 Å². The highest BCUT2D eigenvalue weighted by Gasteiger charge is 2.49. The Kier molecular flexibility index (Phi) is 7.30. The number of rotatable bonds is 7. The zero-order valence-corrected chi connectivity index (χ0v) is 18.8. The third-order valence-corrected chi connectivity index (χ3v) is 7.03. The maximum atomic E-state index is 13.2. The van der Waals surface area contributed by atoms with Crippen LogP contribution in [-0.2, 0) is 4.79 Å². The van der Waals surface area contributed by atoms with E-state index in [1.54, 1.807) is 11.8 Å². The number of halogens is 2. The molecule has 0 aromatic rings. The van der Waals surface area contributed by atoms with Crippen molar-refractivity contribution in [1.29, 1.82) is 5.26 Å². The van der Waals surface area contributed by atoms with E-state index >= 15 is 0 Å². The highest BCUT2D eigenvalue weighted by Crippen LogP contribution is 2.45. The van der Waals surface area contributed by atoms with Crippen LogP contribution < -0.4 is 11.1 Å². The minimum atomic E-state index is -2.92. The van der Waals surface area contributed by atoms with Crippen LogP contribution in [0.4, 0.5) is 13.6 Å². The normalized spacial score (nSPS) is 24.4. The summed E-state index contributed by atoms with van der Waals surface area (Å²) in [4.78, 5) is 26.4. The van der Waals surface area contributed by atoms with E-state index in [-0.39, 0.29) is 6.42 Å².